The predicted molar refractivity (Wildman–Crippen MR) is 74.0 cm³/mol. The van der Waals surface area contributed by atoms with Gasteiger partial charge in [-0.05, 0) is 31.0 Å². The Hall–Kier alpha value is -1.75. The van der Waals surface area contributed by atoms with E-state index in [4.69, 9.17) is 11.6 Å². The molecular formula is C14H16ClNO4. The molecule has 1 heterocycles. The number of halogens is 1. The Labute approximate surface area is 121 Å². The summed E-state index contributed by atoms with van der Waals surface area (Å²) >= 11 is 5.97. The van der Waals surface area contributed by atoms with Crippen molar-refractivity contribution >= 4 is 23.5 Å². The number of aliphatic carboxylic acids is 1. The van der Waals surface area contributed by atoms with Gasteiger partial charge >= 0.3 is 5.97 Å². The first kappa shape index (κ1) is 14.7. The zero-order chi connectivity index (χ0) is 14.7. The Morgan fingerprint density at radius 2 is 2.00 bits per heavy atom. The average Bonchev–Trinajstić information content (AvgIpc) is 2.66. The van der Waals surface area contributed by atoms with Crippen LogP contribution in [0.4, 0.5) is 0 Å². The second kappa shape index (κ2) is 6.13. The Morgan fingerprint density at radius 3 is 2.70 bits per heavy atom. The van der Waals surface area contributed by atoms with E-state index >= 15 is 0 Å². The third-order valence-electron chi connectivity index (χ3n) is 3.48. The third-order valence-corrected chi connectivity index (χ3v) is 3.81. The number of hydrogen-bond acceptors (Lipinski definition) is 3. The van der Waals surface area contributed by atoms with Gasteiger partial charge in [-0.15, -0.1) is 0 Å². The molecule has 1 unspecified atom stereocenters. The van der Waals surface area contributed by atoms with Crippen LogP contribution in [0.3, 0.4) is 0 Å². The largest absolute Gasteiger partial charge is 0.508 e. The first-order chi connectivity index (χ1) is 9.50. The number of carbonyl (C=O) groups is 2. The Bertz CT molecular complexity index is 532. The molecule has 0 aliphatic carbocycles. The van der Waals surface area contributed by atoms with Crippen molar-refractivity contribution in [1.82, 2.24) is 4.90 Å². The van der Waals surface area contributed by atoms with Crippen LogP contribution in [0.5, 0.6) is 5.75 Å². The molecule has 1 atom stereocenters. The lowest BCUT2D eigenvalue weighted by Crippen LogP contribution is -2.44. The SMILES string of the molecule is O=C(O)C1CCCCCN1C(=O)c1cc(O)ccc1Cl. The number of carbonyl (C=O) groups excluding carboxylic acids is 1. The predicted octanol–water partition coefficient (Wildman–Crippen LogP) is 2.52. The molecule has 1 aliphatic rings. The third kappa shape index (κ3) is 3.04. The van der Waals surface area contributed by atoms with Gasteiger partial charge in [0.05, 0.1) is 10.6 Å². The van der Waals surface area contributed by atoms with Crippen molar-refractivity contribution in [2.75, 3.05) is 6.54 Å². The number of carboxylic acid groups (broad SMARTS) is 1. The second-order valence-electron chi connectivity index (χ2n) is 4.87. The van der Waals surface area contributed by atoms with Gasteiger partial charge < -0.3 is 15.1 Å². The number of benzene rings is 1. The molecule has 1 aromatic carbocycles. The van der Waals surface area contributed by atoms with E-state index < -0.39 is 17.9 Å². The van der Waals surface area contributed by atoms with Gasteiger partial charge in [-0.3, -0.25) is 4.79 Å². The number of aromatic hydroxyl groups is 1. The van der Waals surface area contributed by atoms with Crippen molar-refractivity contribution in [2.45, 2.75) is 31.7 Å². The van der Waals surface area contributed by atoms with Gasteiger partial charge in [0.25, 0.3) is 5.91 Å². The molecule has 2 N–H and O–H groups in total. The van der Waals surface area contributed by atoms with Gasteiger partial charge in [-0.25, -0.2) is 4.79 Å². The van der Waals surface area contributed by atoms with E-state index in [0.29, 0.717) is 13.0 Å². The summed E-state index contributed by atoms with van der Waals surface area (Å²) in [5, 5.41) is 19.0. The Kier molecular flexibility index (Phi) is 4.49. The molecule has 108 valence electrons. The second-order valence-corrected chi connectivity index (χ2v) is 5.27. The first-order valence-electron chi connectivity index (χ1n) is 6.53. The van der Waals surface area contributed by atoms with Crippen LogP contribution >= 0.6 is 11.6 Å². The summed E-state index contributed by atoms with van der Waals surface area (Å²) in [6.07, 6.45) is 2.90. The fourth-order valence-electron chi connectivity index (χ4n) is 2.44. The fraction of sp³-hybridized carbons (Fsp3) is 0.429. The molecule has 1 fully saturated rings. The average molecular weight is 298 g/mol. The molecule has 0 saturated carbocycles. The quantitative estimate of drug-likeness (QED) is 0.879. The van der Waals surface area contributed by atoms with Gasteiger partial charge in [0, 0.05) is 6.54 Å². The molecule has 1 amide bonds. The van der Waals surface area contributed by atoms with Crippen LogP contribution in [-0.2, 0) is 4.79 Å². The van der Waals surface area contributed by atoms with Crippen LogP contribution in [0.25, 0.3) is 0 Å². The number of phenols is 1. The molecule has 0 bridgehead atoms. The lowest BCUT2D eigenvalue weighted by Gasteiger charge is -2.27. The van der Waals surface area contributed by atoms with Gasteiger partial charge in [0.2, 0.25) is 0 Å². The summed E-state index contributed by atoms with van der Waals surface area (Å²) in [5.74, 6) is -1.52. The lowest BCUT2D eigenvalue weighted by molar-refractivity contribution is -0.142. The molecule has 1 aromatic rings. The summed E-state index contributed by atoms with van der Waals surface area (Å²) in [4.78, 5) is 25.2. The van der Waals surface area contributed by atoms with Crippen molar-refractivity contribution in [3.8, 4) is 5.75 Å². The summed E-state index contributed by atoms with van der Waals surface area (Å²) in [7, 11) is 0. The maximum absolute atomic E-state index is 12.5. The first-order valence-corrected chi connectivity index (χ1v) is 6.91. The maximum Gasteiger partial charge on any atom is 0.326 e. The molecule has 20 heavy (non-hydrogen) atoms. The van der Waals surface area contributed by atoms with Crippen LogP contribution in [0, 0.1) is 0 Å². The van der Waals surface area contributed by atoms with E-state index in [0.717, 1.165) is 19.3 Å². The summed E-state index contributed by atoms with van der Waals surface area (Å²) in [6.45, 7) is 0.391. The molecule has 0 radical (unpaired) electrons. The molecule has 1 aliphatic heterocycles. The van der Waals surface area contributed by atoms with E-state index in [2.05, 4.69) is 0 Å². The zero-order valence-electron chi connectivity index (χ0n) is 10.9. The number of likely N-dealkylation sites (tertiary alicyclic amines) is 1. The van der Waals surface area contributed by atoms with E-state index in [1.54, 1.807) is 0 Å². The summed E-state index contributed by atoms with van der Waals surface area (Å²) in [5.41, 5.74) is 0.139. The van der Waals surface area contributed by atoms with Crippen LogP contribution in [0.2, 0.25) is 5.02 Å². The zero-order valence-corrected chi connectivity index (χ0v) is 11.6. The van der Waals surface area contributed by atoms with Crippen LogP contribution in [0.1, 0.15) is 36.0 Å². The maximum atomic E-state index is 12.5. The summed E-state index contributed by atoms with van der Waals surface area (Å²) in [6, 6.07) is 3.26. The van der Waals surface area contributed by atoms with Crippen LogP contribution < -0.4 is 0 Å². The number of carboxylic acids is 1. The normalized spacial score (nSPS) is 19.4. The van der Waals surface area contributed by atoms with Crippen molar-refractivity contribution in [3.05, 3.63) is 28.8 Å². The number of nitrogens with zero attached hydrogens (tertiary/aromatic N) is 1. The van der Waals surface area contributed by atoms with Gasteiger partial charge in [0.1, 0.15) is 11.8 Å². The highest BCUT2D eigenvalue weighted by atomic mass is 35.5. The fourth-order valence-corrected chi connectivity index (χ4v) is 2.64. The molecule has 5 nitrogen and oxygen atoms in total. The van der Waals surface area contributed by atoms with Crippen molar-refractivity contribution in [2.24, 2.45) is 0 Å². The van der Waals surface area contributed by atoms with Gasteiger partial charge in [0.15, 0.2) is 0 Å². The molecule has 0 spiro atoms. The number of amides is 1. The molecule has 1 saturated heterocycles. The van der Waals surface area contributed by atoms with Crippen LogP contribution in [0.15, 0.2) is 18.2 Å². The molecule has 0 aromatic heterocycles. The Balaban J connectivity index is 2.33. The highest BCUT2D eigenvalue weighted by Gasteiger charge is 2.32. The Morgan fingerprint density at radius 1 is 1.25 bits per heavy atom. The topological polar surface area (TPSA) is 77.8 Å². The lowest BCUT2D eigenvalue weighted by atomic mass is 10.1. The highest BCUT2D eigenvalue weighted by molar-refractivity contribution is 6.33. The standard InChI is InChI=1S/C14H16ClNO4/c15-11-6-5-9(17)8-10(11)13(18)16-7-3-1-2-4-12(16)14(19)20/h5-6,8,12,17H,1-4,7H2,(H,19,20). The molecule has 2 rings (SSSR count). The highest BCUT2D eigenvalue weighted by Crippen LogP contribution is 2.26. The monoisotopic (exact) mass is 297 g/mol. The number of rotatable bonds is 2. The summed E-state index contributed by atoms with van der Waals surface area (Å²) < 4.78 is 0. The van der Waals surface area contributed by atoms with E-state index in [9.17, 15) is 19.8 Å². The van der Waals surface area contributed by atoms with E-state index in [1.807, 2.05) is 0 Å². The minimum absolute atomic E-state index is 0.0700. The van der Waals surface area contributed by atoms with Crippen LogP contribution in [-0.4, -0.2) is 39.6 Å². The van der Waals surface area contributed by atoms with E-state index in [-0.39, 0.29) is 16.3 Å². The number of phenolic OH excluding ortho intramolecular Hbond substituents is 1. The van der Waals surface area contributed by atoms with Crippen molar-refractivity contribution in [1.29, 1.82) is 0 Å². The minimum Gasteiger partial charge on any atom is -0.508 e. The van der Waals surface area contributed by atoms with Crippen molar-refractivity contribution in [3.63, 3.8) is 0 Å². The van der Waals surface area contributed by atoms with Gasteiger partial charge in [-0.1, -0.05) is 24.4 Å². The van der Waals surface area contributed by atoms with Crippen molar-refractivity contribution < 1.29 is 19.8 Å². The molecular weight excluding hydrogens is 282 g/mol. The molecule has 6 heteroatoms. The van der Waals surface area contributed by atoms with E-state index in [1.165, 1.54) is 23.1 Å². The number of hydrogen-bond donors (Lipinski definition) is 2. The smallest absolute Gasteiger partial charge is 0.326 e. The minimum atomic E-state index is -1.00. The van der Waals surface area contributed by atoms with Gasteiger partial charge in [-0.2, -0.15) is 0 Å².